The minimum absolute atomic E-state index is 0.122. The van der Waals surface area contributed by atoms with Crippen molar-refractivity contribution in [3.8, 4) is 11.8 Å². The molecule has 3 N–H and O–H groups in total. The smallest absolute Gasteiger partial charge is 0.344 e. The molecule has 2 fully saturated rings. The topological polar surface area (TPSA) is 99.4 Å². The molecule has 0 aliphatic heterocycles. The first-order valence-electron chi connectivity index (χ1n) is 6.26. The van der Waals surface area contributed by atoms with E-state index in [1.54, 1.807) is 6.92 Å². The van der Waals surface area contributed by atoms with Crippen molar-refractivity contribution in [3.05, 3.63) is 0 Å². The molecule has 2 saturated carbocycles. The largest absolute Gasteiger partial charge is 0.479 e. The van der Waals surface area contributed by atoms with Crippen molar-refractivity contribution in [1.29, 1.82) is 0 Å². The average molecular weight is 267 g/mol. The van der Waals surface area contributed by atoms with Crippen LogP contribution in [0.25, 0.3) is 0 Å². The van der Waals surface area contributed by atoms with Gasteiger partial charge in [0.25, 0.3) is 0 Å². The highest BCUT2D eigenvalue weighted by atomic mass is 16.6. The second-order valence-electron chi connectivity index (χ2n) is 5.02. The Morgan fingerprint density at radius 1 is 1.63 bits per heavy atom. The molecular weight excluding hydrogens is 250 g/mol. The van der Waals surface area contributed by atoms with Crippen molar-refractivity contribution in [1.82, 2.24) is 0 Å². The Hall–Kier alpha value is -1.58. The molecule has 0 aromatic carbocycles. The van der Waals surface area contributed by atoms with Gasteiger partial charge in [-0.3, -0.25) is 0 Å². The number of hydrogen-bond donors (Lipinski definition) is 3. The molecular formula is C13H17NO5. The Labute approximate surface area is 111 Å². The number of aliphatic hydroxyl groups is 2. The first kappa shape index (κ1) is 13.8. The molecule has 19 heavy (non-hydrogen) atoms. The van der Waals surface area contributed by atoms with Gasteiger partial charge in [-0.05, 0) is 25.7 Å². The van der Waals surface area contributed by atoms with Gasteiger partial charge in [0.2, 0.25) is 6.61 Å². The van der Waals surface area contributed by atoms with E-state index in [9.17, 15) is 9.90 Å². The zero-order valence-electron chi connectivity index (χ0n) is 10.6. The first-order valence-corrected chi connectivity index (χ1v) is 6.26. The van der Waals surface area contributed by atoms with Crippen molar-refractivity contribution < 1.29 is 25.0 Å². The Morgan fingerprint density at radius 3 is 3.00 bits per heavy atom. The van der Waals surface area contributed by atoms with Gasteiger partial charge in [0.15, 0.2) is 0 Å². The van der Waals surface area contributed by atoms with Crippen molar-refractivity contribution >= 4 is 11.7 Å². The molecule has 0 bridgehead atoms. The Balaban J connectivity index is 1.93. The Morgan fingerprint density at radius 2 is 2.37 bits per heavy atom. The highest BCUT2D eigenvalue weighted by molar-refractivity contribution is 5.93. The van der Waals surface area contributed by atoms with Crippen LogP contribution in [0.1, 0.15) is 19.8 Å². The quantitative estimate of drug-likeness (QED) is 0.487. The van der Waals surface area contributed by atoms with Crippen LogP contribution in [0.15, 0.2) is 5.16 Å². The minimum Gasteiger partial charge on any atom is -0.479 e. The fourth-order valence-electron chi connectivity index (χ4n) is 2.70. The van der Waals surface area contributed by atoms with Gasteiger partial charge in [-0.15, -0.1) is 0 Å². The van der Waals surface area contributed by atoms with Crippen molar-refractivity contribution in [2.45, 2.75) is 32.0 Å². The van der Waals surface area contributed by atoms with E-state index in [1.165, 1.54) is 0 Å². The lowest BCUT2D eigenvalue weighted by Gasteiger charge is -2.33. The number of oxime groups is 1. The number of nitrogens with zero attached hydrogens (tertiary/aromatic N) is 1. The zero-order valence-corrected chi connectivity index (χ0v) is 10.6. The van der Waals surface area contributed by atoms with E-state index >= 15 is 0 Å². The molecule has 0 spiro atoms. The van der Waals surface area contributed by atoms with Crippen LogP contribution in [0.2, 0.25) is 0 Å². The number of aliphatic hydroxyl groups excluding tert-OH is 2. The van der Waals surface area contributed by atoms with Gasteiger partial charge in [0.1, 0.15) is 6.10 Å². The third-order valence-corrected chi connectivity index (χ3v) is 3.59. The summed E-state index contributed by atoms with van der Waals surface area (Å²) in [6.07, 6.45) is 0.0198. The number of hydrogen-bond acceptors (Lipinski definition) is 5. The highest BCUT2D eigenvalue weighted by Crippen LogP contribution is 2.48. The maximum atomic E-state index is 10.3. The molecule has 6 nitrogen and oxygen atoms in total. The first-order chi connectivity index (χ1) is 8.99. The van der Waals surface area contributed by atoms with Gasteiger partial charge < -0.3 is 20.2 Å². The molecule has 2 aliphatic rings. The van der Waals surface area contributed by atoms with Gasteiger partial charge >= 0.3 is 5.97 Å². The summed E-state index contributed by atoms with van der Waals surface area (Å²) in [7, 11) is 0. The molecule has 0 amide bonds. The molecule has 0 aromatic heterocycles. The molecule has 2 rings (SSSR count). The van der Waals surface area contributed by atoms with Gasteiger partial charge in [-0.25, -0.2) is 4.79 Å². The van der Waals surface area contributed by atoms with E-state index in [2.05, 4.69) is 17.0 Å². The number of rotatable bonds is 3. The monoisotopic (exact) mass is 267 g/mol. The van der Waals surface area contributed by atoms with E-state index in [-0.39, 0.29) is 17.8 Å². The van der Waals surface area contributed by atoms with Gasteiger partial charge in [0.05, 0.1) is 17.7 Å². The molecule has 0 radical (unpaired) electrons. The summed E-state index contributed by atoms with van der Waals surface area (Å²) in [6, 6.07) is 0. The fraction of sp³-hybridized carbons (Fsp3) is 0.692. The van der Waals surface area contributed by atoms with Gasteiger partial charge in [0, 0.05) is 5.92 Å². The van der Waals surface area contributed by atoms with Crippen LogP contribution in [0.5, 0.6) is 0 Å². The maximum Gasteiger partial charge on any atom is 0.344 e. The maximum absolute atomic E-state index is 10.3. The predicted octanol–water partition coefficient (Wildman–Crippen LogP) is -0.155. The van der Waals surface area contributed by atoms with E-state index in [1.807, 2.05) is 0 Å². The molecule has 2 aliphatic carbocycles. The number of carboxylic acids is 1. The number of aliphatic carboxylic acids is 1. The zero-order chi connectivity index (χ0) is 14.0. The summed E-state index contributed by atoms with van der Waals surface area (Å²) in [6.45, 7) is 1.13. The summed E-state index contributed by atoms with van der Waals surface area (Å²) in [5.74, 6) is 4.74. The van der Waals surface area contributed by atoms with Crippen molar-refractivity contribution in [2.24, 2.45) is 22.9 Å². The normalized spacial score (nSPS) is 35.8. The van der Waals surface area contributed by atoms with E-state index in [0.29, 0.717) is 12.8 Å². The molecule has 0 saturated heterocycles. The number of fused-ring (bicyclic) bond motifs is 1. The fourth-order valence-corrected chi connectivity index (χ4v) is 2.70. The summed E-state index contributed by atoms with van der Waals surface area (Å²) in [4.78, 5) is 15.0. The SMILES string of the molecule is CC(O)C#CC1C(O)CC2C(=NOCC(=O)O)CC21. The number of carboxylic acid groups (broad SMARTS) is 1. The summed E-state index contributed by atoms with van der Waals surface area (Å²) >= 11 is 0. The van der Waals surface area contributed by atoms with Crippen LogP contribution in [0, 0.1) is 29.6 Å². The second-order valence-corrected chi connectivity index (χ2v) is 5.02. The van der Waals surface area contributed by atoms with Crippen LogP contribution in [-0.4, -0.2) is 45.8 Å². The summed E-state index contributed by atoms with van der Waals surface area (Å²) in [5, 5.41) is 31.3. The lowest BCUT2D eigenvalue weighted by Crippen LogP contribution is -2.36. The molecule has 6 heteroatoms. The van der Waals surface area contributed by atoms with Gasteiger partial charge in [-0.1, -0.05) is 17.0 Å². The van der Waals surface area contributed by atoms with Gasteiger partial charge in [-0.2, -0.15) is 0 Å². The molecule has 104 valence electrons. The van der Waals surface area contributed by atoms with E-state index < -0.39 is 24.8 Å². The van der Waals surface area contributed by atoms with Crippen molar-refractivity contribution in [2.75, 3.05) is 6.61 Å². The van der Waals surface area contributed by atoms with Crippen LogP contribution >= 0.6 is 0 Å². The van der Waals surface area contributed by atoms with Crippen LogP contribution in [-0.2, 0) is 9.63 Å². The van der Waals surface area contributed by atoms with E-state index in [4.69, 9.17) is 15.1 Å². The molecule has 5 atom stereocenters. The summed E-state index contributed by atoms with van der Waals surface area (Å²) < 4.78 is 0. The molecule has 0 heterocycles. The van der Waals surface area contributed by atoms with Crippen LogP contribution in [0.4, 0.5) is 0 Å². The molecule has 0 aromatic rings. The van der Waals surface area contributed by atoms with Crippen LogP contribution in [0.3, 0.4) is 0 Å². The average Bonchev–Trinajstić information content (AvgIpc) is 2.55. The molecule has 5 unspecified atom stereocenters. The lowest BCUT2D eigenvalue weighted by atomic mass is 9.71. The third-order valence-electron chi connectivity index (χ3n) is 3.59. The van der Waals surface area contributed by atoms with Crippen LogP contribution < -0.4 is 0 Å². The number of carbonyl (C=O) groups is 1. The third kappa shape index (κ3) is 3.06. The Kier molecular flexibility index (Phi) is 4.08. The van der Waals surface area contributed by atoms with E-state index in [0.717, 1.165) is 5.71 Å². The minimum atomic E-state index is -1.06. The second kappa shape index (κ2) is 5.59. The summed E-state index contributed by atoms with van der Waals surface area (Å²) in [5.41, 5.74) is 0.798. The lowest BCUT2D eigenvalue weighted by molar-refractivity contribution is -0.142. The highest BCUT2D eigenvalue weighted by Gasteiger charge is 2.51. The van der Waals surface area contributed by atoms with Crippen molar-refractivity contribution in [3.63, 3.8) is 0 Å². The Bertz CT molecular complexity index is 448. The standard InChI is InChI=1S/C13H17NO5/c1-7(15)2-3-8-9-4-11(10(9)5-12(8)16)14-19-6-13(17)18/h7-10,12,15-16H,4-6H2,1H3,(H,17,18). The predicted molar refractivity (Wildman–Crippen MR) is 66.2 cm³/mol.